The molecule has 220 valence electrons. The van der Waals surface area contributed by atoms with E-state index in [-0.39, 0.29) is 25.2 Å². The van der Waals surface area contributed by atoms with Crippen molar-refractivity contribution in [1.82, 2.24) is 23.7 Å². The second-order valence-corrected chi connectivity index (χ2v) is 12.7. The van der Waals surface area contributed by atoms with Gasteiger partial charge in [-0.05, 0) is 80.5 Å². The van der Waals surface area contributed by atoms with Crippen molar-refractivity contribution in [2.24, 2.45) is 0 Å². The number of piperidine rings is 1. The zero-order valence-corrected chi connectivity index (χ0v) is 24.9. The number of ether oxygens (including phenoxy) is 2. The van der Waals surface area contributed by atoms with Crippen molar-refractivity contribution in [3.05, 3.63) is 71.1 Å². The van der Waals surface area contributed by atoms with Gasteiger partial charge in [0.2, 0.25) is 15.9 Å². The van der Waals surface area contributed by atoms with E-state index in [9.17, 15) is 13.2 Å². The van der Waals surface area contributed by atoms with Crippen molar-refractivity contribution in [2.45, 2.75) is 70.0 Å². The number of carbonyl (C=O) groups is 1. The summed E-state index contributed by atoms with van der Waals surface area (Å²) in [7, 11) is -2.16. The van der Waals surface area contributed by atoms with E-state index in [1.54, 1.807) is 54.7 Å². The molecule has 10 nitrogen and oxygen atoms in total. The zero-order chi connectivity index (χ0) is 29.0. The molecule has 1 aromatic carbocycles. The van der Waals surface area contributed by atoms with E-state index < -0.39 is 10.0 Å². The number of hydrogen-bond acceptors (Lipinski definition) is 7. The number of imidazole rings is 1. The molecule has 5 rings (SSSR count). The van der Waals surface area contributed by atoms with Gasteiger partial charge in [0.05, 0.1) is 30.9 Å². The molecule has 2 aliphatic heterocycles. The molecule has 1 unspecified atom stereocenters. The second-order valence-electron chi connectivity index (χ2n) is 10.9. The summed E-state index contributed by atoms with van der Waals surface area (Å²) in [5, 5.41) is 0. The monoisotopic (exact) mass is 581 g/mol. The number of aryl methyl sites for hydroxylation is 4. The summed E-state index contributed by atoms with van der Waals surface area (Å²) in [5.41, 5.74) is 3.55. The van der Waals surface area contributed by atoms with Gasteiger partial charge >= 0.3 is 0 Å². The van der Waals surface area contributed by atoms with Crippen molar-refractivity contribution in [3.8, 4) is 5.75 Å². The van der Waals surface area contributed by atoms with Gasteiger partial charge in [-0.25, -0.2) is 13.4 Å². The summed E-state index contributed by atoms with van der Waals surface area (Å²) in [5.74, 6) is 1.41. The van der Waals surface area contributed by atoms with E-state index in [4.69, 9.17) is 14.5 Å². The maximum atomic E-state index is 13.8. The first-order valence-electron chi connectivity index (χ1n) is 14.2. The lowest BCUT2D eigenvalue weighted by atomic mass is 10.1. The Hall–Kier alpha value is -3.28. The highest BCUT2D eigenvalue weighted by Gasteiger charge is 2.36. The lowest BCUT2D eigenvalue weighted by Gasteiger charge is -2.35. The predicted octanol–water partition coefficient (Wildman–Crippen LogP) is 3.29. The summed E-state index contributed by atoms with van der Waals surface area (Å²) in [6.45, 7) is 5.86. The fraction of sp³-hybridized carbons (Fsp3) is 0.500. The summed E-state index contributed by atoms with van der Waals surface area (Å²) in [4.78, 5) is 24.0. The van der Waals surface area contributed by atoms with Crippen molar-refractivity contribution >= 4 is 15.9 Å². The van der Waals surface area contributed by atoms with Crippen LogP contribution in [0.4, 0.5) is 0 Å². The normalized spacial score (nSPS) is 17.8. The molecule has 1 atom stereocenters. The minimum absolute atomic E-state index is 0.0828. The number of methoxy groups -OCH3 is 1. The average Bonchev–Trinajstić information content (AvgIpc) is 3.38. The molecule has 11 heteroatoms. The summed E-state index contributed by atoms with van der Waals surface area (Å²) < 4.78 is 42.4. The Balaban J connectivity index is 1.16. The Morgan fingerprint density at radius 1 is 1.05 bits per heavy atom. The van der Waals surface area contributed by atoms with Gasteiger partial charge in [0.15, 0.2) is 0 Å². The van der Waals surface area contributed by atoms with Crippen LogP contribution in [0.25, 0.3) is 0 Å². The maximum absolute atomic E-state index is 13.8. The van der Waals surface area contributed by atoms with Gasteiger partial charge in [-0.3, -0.25) is 9.78 Å². The molecule has 0 bridgehead atoms. The molecule has 0 saturated carbocycles. The third-order valence-electron chi connectivity index (χ3n) is 7.97. The number of aromatic nitrogens is 3. The van der Waals surface area contributed by atoms with E-state index in [1.807, 2.05) is 12.1 Å². The fourth-order valence-corrected chi connectivity index (χ4v) is 7.94. The Kier molecular flexibility index (Phi) is 9.06. The molecule has 0 aliphatic carbocycles. The van der Waals surface area contributed by atoms with Crippen LogP contribution in [0.15, 0.2) is 47.8 Å². The molecule has 0 spiro atoms. The first kappa shape index (κ1) is 29.2. The van der Waals surface area contributed by atoms with E-state index in [2.05, 4.69) is 15.7 Å². The molecule has 2 aromatic heterocycles. The number of pyridine rings is 1. The van der Waals surface area contributed by atoms with Gasteiger partial charge < -0.3 is 18.9 Å². The van der Waals surface area contributed by atoms with Gasteiger partial charge in [-0.15, -0.1) is 0 Å². The quantitative estimate of drug-likeness (QED) is 0.362. The smallest absolute Gasteiger partial charge is 0.249 e. The van der Waals surface area contributed by atoms with E-state index in [0.717, 1.165) is 37.2 Å². The minimum atomic E-state index is -3.73. The fourth-order valence-electron chi connectivity index (χ4n) is 5.85. The third-order valence-corrected chi connectivity index (χ3v) is 10.2. The van der Waals surface area contributed by atoms with Crippen molar-refractivity contribution < 1.29 is 22.7 Å². The van der Waals surface area contributed by atoms with E-state index in [1.165, 1.54) is 5.56 Å². The minimum Gasteiger partial charge on any atom is -0.497 e. The number of benzene rings is 1. The molecule has 1 fully saturated rings. The number of fused-ring (bicyclic) bond motifs is 1. The highest BCUT2D eigenvalue weighted by Crippen LogP contribution is 2.32. The molecule has 41 heavy (non-hydrogen) atoms. The Labute approximate surface area is 242 Å². The van der Waals surface area contributed by atoms with Gasteiger partial charge in [0.1, 0.15) is 18.2 Å². The number of hydrogen-bond donors (Lipinski definition) is 0. The molecule has 1 saturated heterocycles. The lowest BCUT2D eigenvalue weighted by Crippen LogP contribution is -2.47. The predicted molar refractivity (Wildman–Crippen MR) is 154 cm³/mol. The number of carbonyl (C=O) groups excluding carboxylic acids is 1. The first-order chi connectivity index (χ1) is 19.8. The van der Waals surface area contributed by atoms with Crippen LogP contribution in [-0.4, -0.2) is 77.5 Å². The van der Waals surface area contributed by atoms with Crippen LogP contribution >= 0.6 is 0 Å². The van der Waals surface area contributed by atoms with Crippen molar-refractivity contribution in [2.75, 3.05) is 33.4 Å². The Morgan fingerprint density at radius 3 is 2.54 bits per heavy atom. The molecular weight excluding hydrogens is 542 g/mol. The first-order valence-corrected chi connectivity index (χ1v) is 15.7. The van der Waals surface area contributed by atoms with Crippen LogP contribution in [-0.2, 0) is 45.5 Å². The van der Waals surface area contributed by atoms with E-state index >= 15 is 0 Å². The highest BCUT2D eigenvalue weighted by molar-refractivity contribution is 7.89. The molecule has 4 heterocycles. The number of amides is 1. The SMILES string of the molecule is COc1cc(C)c(S(=O)(=O)N2CCCCC2COCC(=O)N2CCn3cc(CCc4ccncc4)nc3C2)c(C)c1. The summed E-state index contributed by atoms with van der Waals surface area (Å²) in [6.07, 6.45) is 9.82. The van der Waals surface area contributed by atoms with Crippen LogP contribution in [0.1, 0.15) is 47.5 Å². The molecule has 0 radical (unpaired) electrons. The molecule has 1 amide bonds. The number of sulfonamides is 1. The number of nitrogens with zero attached hydrogens (tertiary/aromatic N) is 5. The average molecular weight is 582 g/mol. The topological polar surface area (TPSA) is 107 Å². The maximum Gasteiger partial charge on any atom is 0.249 e. The summed E-state index contributed by atoms with van der Waals surface area (Å²) >= 11 is 0. The number of rotatable bonds is 10. The molecule has 0 N–H and O–H groups in total. The second kappa shape index (κ2) is 12.7. The van der Waals surface area contributed by atoms with Crippen LogP contribution < -0.4 is 4.74 Å². The standard InChI is InChI=1S/C30H39N5O5S/c1-22-16-27(39-3)17-23(2)30(22)41(37,38)35-13-5-4-6-26(35)20-40-21-29(36)34-15-14-33-18-25(32-28(33)19-34)8-7-24-9-11-31-12-10-24/h9-12,16-18,26H,4-8,13-15,19-21H2,1-3H3. The zero-order valence-electron chi connectivity index (χ0n) is 24.1. The van der Waals surface area contributed by atoms with Gasteiger partial charge in [0.25, 0.3) is 0 Å². The van der Waals surface area contributed by atoms with E-state index in [0.29, 0.717) is 54.4 Å². The van der Waals surface area contributed by atoms with Crippen LogP contribution in [0.3, 0.4) is 0 Å². The molecule has 2 aliphatic rings. The Bertz CT molecular complexity index is 1450. The van der Waals surface area contributed by atoms with Crippen LogP contribution in [0.2, 0.25) is 0 Å². The Morgan fingerprint density at radius 2 is 1.80 bits per heavy atom. The molecule has 3 aromatic rings. The third kappa shape index (κ3) is 6.63. The van der Waals surface area contributed by atoms with Crippen molar-refractivity contribution in [3.63, 3.8) is 0 Å². The van der Waals surface area contributed by atoms with Gasteiger partial charge in [0, 0.05) is 44.3 Å². The summed E-state index contributed by atoms with van der Waals surface area (Å²) in [6, 6.07) is 7.22. The highest BCUT2D eigenvalue weighted by atomic mass is 32.2. The van der Waals surface area contributed by atoms with Crippen molar-refractivity contribution in [1.29, 1.82) is 0 Å². The van der Waals surface area contributed by atoms with Gasteiger partial charge in [-0.1, -0.05) is 6.42 Å². The largest absolute Gasteiger partial charge is 0.497 e. The molecular formula is C30H39N5O5S. The lowest BCUT2D eigenvalue weighted by molar-refractivity contribution is -0.138. The van der Waals surface area contributed by atoms with Crippen LogP contribution in [0.5, 0.6) is 5.75 Å². The van der Waals surface area contributed by atoms with Gasteiger partial charge in [-0.2, -0.15) is 4.31 Å². The van der Waals surface area contributed by atoms with Crippen LogP contribution in [0, 0.1) is 13.8 Å².